The van der Waals surface area contributed by atoms with E-state index in [1.54, 1.807) is 24.3 Å². The second kappa shape index (κ2) is 6.04. The molecule has 5 nitrogen and oxygen atoms in total. The van der Waals surface area contributed by atoms with Gasteiger partial charge in [-0.3, -0.25) is 9.69 Å². The van der Waals surface area contributed by atoms with E-state index in [9.17, 15) is 9.59 Å². The molecular weight excluding hydrogens is 290 g/mol. The average molecular weight is 311 g/mol. The zero-order valence-corrected chi connectivity index (χ0v) is 13.3. The van der Waals surface area contributed by atoms with E-state index >= 15 is 0 Å². The Morgan fingerprint density at radius 2 is 1.91 bits per heavy atom. The van der Waals surface area contributed by atoms with Gasteiger partial charge in [-0.25, -0.2) is 4.79 Å². The molecule has 23 heavy (non-hydrogen) atoms. The molecule has 0 aromatic heterocycles. The highest BCUT2D eigenvalue weighted by molar-refractivity contribution is 6.07. The van der Waals surface area contributed by atoms with Gasteiger partial charge in [0.15, 0.2) is 0 Å². The molecule has 1 saturated heterocycles. The van der Waals surface area contributed by atoms with Crippen LogP contribution >= 0.6 is 0 Å². The van der Waals surface area contributed by atoms with Crippen molar-refractivity contribution in [1.29, 1.82) is 5.26 Å². The molecule has 3 amide bonds. The second-order valence-electron chi connectivity index (χ2n) is 6.56. The van der Waals surface area contributed by atoms with Crippen LogP contribution in [0.5, 0.6) is 0 Å². The zero-order chi connectivity index (χ0) is 16.4. The number of urea groups is 1. The molecule has 2 fully saturated rings. The quantitative estimate of drug-likeness (QED) is 0.872. The van der Waals surface area contributed by atoms with Crippen molar-refractivity contribution >= 4 is 11.9 Å². The molecule has 1 N–H and O–H groups in total. The monoisotopic (exact) mass is 311 g/mol. The largest absolute Gasteiger partial charge is 0.325 e. The second-order valence-corrected chi connectivity index (χ2v) is 6.56. The van der Waals surface area contributed by atoms with Gasteiger partial charge in [0.1, 0.15) is 5.54 Å². The van der Waals surface area contributed by atoms with Crippen molar-refractivity contribution in [2.75, 3.05) is 0 Å². The fourth-order valence-electron chi connectivity index (χ4n) is 3.60. The summed E-state index contributed by atoms with van der Waals surface area (Å²) < 4.78 is 0. The first-order valence-electron chi connectivity index (χ1n) is 8.21. The summed E-state index contributed by atoms with van der Waals surface area (Å²) in [6, 6.07) is 8.75. The van der Waals surface area contributed by atoms with Gasteiger partial charge in [-0.2, -0.15) is 5.26 Å². The van der Waals surface area contributed by atoms with Crippen LogP contribution in [0, 0.1) is 17.2 Å². The van der Waals surface area contributed by atoms with E-state index in [-0.39, 0.29) is 18.5 Å². The number of nitrogens with zero attached hydrogens (tertiary/aromatic N) is 2. The lowest BCUT2D eigenvalue weighted by Gasteiger charge is -2.34. The lowest BCUT2D eigenvalue weighted by molar-refractivity contribution is -0.133. The minimum absolute atomic E-state index is 0.0959. The average Bonchev–Trinajstić information content (AvgIpc) is 2.81. The fourth-order valence-corrected chi connectivity index (χ4v) is 3.60. The highest BCUT2D eigenvalue weighted by Crippen LogP contribution is 2.37. The third-order valence-electron chi connectivity index (χ3n) is 5.21. The van der Waals surface area contributed by atoms with Crippen molar-refractivity contribution in [3.05, 3.63) is 35.4 Å². The number of hydrogen-bond acceptors (Lipinski definition) is 3. The molecule has 1 saturated carbocycles. The number of nitriles is 1. The molecule has 0 bridgehead atoms. The summed E-state index contributed by atoms with van der Waals surface area (Å²) in [5.41, 5.74) is 0.738. The lowest BCUT2D eigenvalue weighted by Crippen LogP contribution is -2.49. The van der Waals surface area contributed by atoms with Gasteiger partial charge in [0, 0.05) is 0 Å². The Bertz CT molecular complexity index is 652. The molecule has 120 valence electrons. The first-order chi connectivity index (χ1) is 11.1. The molecule has 1 aliphatic carbocycles. The number of imide groups is 1. The van der Waals surface area contributed by atoms with Crippen LogP contribution in [0.25, 0.3) is 0 Å². The summed E-state index contributed by atoms with van der Waals surface area (Å²) in [5.74, 6) is 0.569. The highest BCUT2D eigenvalue weighted by atomic mass is 16.2. The maximum atomic E-state index is 12.8. The summed E-state index contributed by atoms with van der Waals surface area (Å²) in [5, 5.41) is 11.8. The van der Waals surface area contributed by atoms with Gasteiger partial charge in [0.25, 0.3) is 5.91 Å². The van der Waals surface area contributed by atoms with Crippen LogP contribution in [0.3, 0.4) is 0 Å². The maximum Gasteiger partial charge on any atom is 0.325 e. The van der Waals surface area contributed by atoms with Gasteiger partial charge in [-0.15, -0.1) is 0 Å². The fraction of sp³-hybridized carbons (Fsp3) is 0.500. The van der Waals surface area contributed by atoms with E-state index in [4.69, 9.17) is 5.26 Å². The Morgan fingerprint density at radius 1 is 1.26 bits per heavy atom. The Balaban J connectivity index is 1.73. The molecule has 2 aliphatic rings. The topological polar surface area (TPSA) is 73.2 Å². The van der Waals surface area contributed by atoms with E-state index in [2.05, 4.69) is 18.3 Å². The van der Waals surface area contributed by atoms with Crippen molar-refractivity contribution in [1.82, 2.24) is 10.2 Å². The number of carbonyl (C=O) groups is 2. The minimum atomic E-state index is -0.685. The lowest BCUT2D eigenvalue weighted by atomic mass is 9.75. The third-order valence-corrected chi connectivity index (χ3v) is 5.21. The Morgan fingerprint density at radius 3 is 2.48 bits per heavy atom. The van der Waals surface area contributed by atoms with Crippen LogP contribution in [0.4, 0.5) is 4.79 Å². The van der Waals surface area contributed by atoms with Gasteiger partial charge in [0.2, 0.25) is 0 Å². The van der Waals surface area contributed by atoms with Crippen LogP contribution < -0.4 is 5.32 Å². The Kier molecular flexibility index (Phi) is 4.08. The summed E-state index contributed by atoms with van der Waals surface area (Å²) in [4.78, 5) is 26.4. The number of nitrogens with one attached hydrogen (secondary N) is 1. The van der Waals surface area contributed by atoms with E-state index in [1.165, 1.54) is 4.90 Å². The van der Waals surface area contributed by atoms with Crippen LogP contribution in [0.2, 0.25) is 0 Å². The van der Waals surface area contributed by atoms with Crippen molar-refractivity contribution in [3.63, 3.8) is 0 Å². The van der Waals surface area contributed by atoms with Crippen LogP contribution in [0.1, 0.15) is 50.2 Å². The van der Waals surface area contributed by atoms with E-state index in [1.807, 2.05) is 0 Å². The van der Waals surface area contributed by atoms with Crippen molar-refractivity contribution in [3.8, 4) is 6.07 Å². The first kappa shape index (κ1) is 15.5. The molecular formula is C18H21N3O2. The zero-order valence-electron chi connectivity index (χ0n) is 13.3. The molecule has 0 unspecified atom stereocenters. The Labute approximate surface area is 136 Å². The smallest absolute Gasteiger partial charge is 0.323 e. The molecule has 1 aliphatic heterocycles. The number of amides is 3. The first-order valence-corrected chi connectivity index (χ1v) is 8.21. The summed E-state index contributed by atoms with van der Waals surface area (Å²) in [7, 11) is 0. The van der Waals surface area contributed by atoms with E-state index in [0.29, 0.717) is 11.5 Å². The number of rotatable bonds is 3. The van der Waals surface area contributed by atoms with Crippen LogP contribution in [0.15, 0.2) is 24.3 Å². The SMILES string of the molecule is CCC1CCC2(CC1)NC(=O)N(Cc1ccc(C#N)cc1)C2=O. The van der Waals surface area contributed by atoms with Crippen LogP contribution in [-0.4, -0.2) is 22.4 Å². The number of benzene rings is 1. The number of carbonyl (C=O) groups excluding carboxylic acids is 2. The van der Waals surface area contributed by atoms with Gasteiger partial charge in [0.05, 0.1) is 18.2 Å². The summed E-state index contributed by atoms with van der Waals surface area (Å²) >= 11 is 0. The van der Waals surface area contributed by atoms with Gasteiger partial charge in [-0.1, -0.05) is 25.5 Å². The molecule has 1 spiro atoms. The molecule has 1 aromatic carbocycles. The van der Waals surface area contributed by atoms with Gasteiger partial charge in [-0.05, 0) is 49.3 Å². The molecule has 5 heteroatoms. The Hall–Kier alpha value is -2.35. The van der Waals surface area contributed by atoms with E-state index < -0.39 is 5.54 Å². The highest BCUT2D eigenvalue weighted by Gasteiger charge is 2.52. The van der Waals surface area contributed by atoms with Crippen molar-refractivity contribution in [2.45, 2.75) is 51.1 Å². The molecule has 0 atom stereocenters. The molecule has 1 heterocycles. The normalized spacial score (nSPS) is 27.1. The predicted octanol–water partition coefficient (Wildman–Crippen LogP) is 2.95. The molecule has 1 aromatic rings. The molecule has 3 rings (SSSR count). The van der Waals surface area contributed by atoms with Gasteiger partial charge >= 0.3 is 6.03 Å². The van der Waals surface area contributed by atoms with Crippen molar-refractivity contribution in [2.24, 2.45) is 5.92 Å². The van der Waals surface area contributed by atoms with Gasteiger partial charge < -0.3 is 5.32 Å². The molecule has 0 radical (unpaired) electrons. The standard InChI is InChI=1S/C18H21N3O2/c1-2-13-7-9-18(10-8-13)16(22)21(17(23)20-18)12-15-5-3-14(11-19)4-6-15/h3-6,13H,2,7-10,12H2,1H3,(H,20,23). The summed E-state index contributed by atoms with van der Waals surface area (Å²) in [6.45, 7) is 2.43. The van der Waals surface area contributed by atoms with Crippen LogP contribution in [-0.2, 0) is 11.3 Å². The summed E-state index contributed by atoms with van der Waals surface area (Å²) in [6.07, 6.45) is 4.59. The van der Waals surface area contributed by atoms with E-state index in [0.717, 1.165) is 37.7 Å². The minimum Gasteiger partial charge on any atom is -0.323 e. The third kappa shape index (κ3) is 2.81. The predicted molar refractivity (Wildman–Crippen MR) is 85.2 cm³/mol. The number of hydrogen-bond donors (Lipinski definition) is 1. The maximum absolute atomic E-state index is 12.8. The van der Waals surface area contributed by atoms with Crippen molar-refractivity contribution < 1.29 is 9.59 Å².